The molecule has 1 aromatic rings. The molecular formula is C13H18O3. The van der Waals surface area contributed by atoms with E-state index in [-0.39, 0.29) is 5.97 Å². The molecule has 1 rings (SSSR count). The van der Waals surface area contributed by atoms with Crippen molar-refractivity contribution in [3.8, 4) is 5.75 Å². The fraction of sp³-hybridized carbons (Fsp3) is 0.462. The van der Waals surface area contributed by atoms with Gasteiger partial charge in [0.1, 0.15) is 16.9 Å². The summed E-state index contributed by atoms with van der Waals surface area (Å²) >= 11 is 0. The van der Waals surface area contributed by atoms with E-state index in [9.17, 15) is 4.79 Å². The summed E-state index contributed by atoms with van der Waals surface area (Å²) in [6, 6.07) is 5.41. The minimum absolute atomic E-state index is 0.357. The van der Waals surface area contributed by atoms with Crippen LogP contribution in [0.2, 0.25) is 0 Å². The third-order valence-corrected chi connectivity index (χ3v) is 1.98. The van der Waals surface area contributed by atoms with Crippen molar-refractivity contribution in [1.82, 2.24) is 0 Å². The fourth-order valence-electron chi connectivity index (χ4n) is 1.30. The van der Waals surface area contributed by atoms with Crippen LogP contribution in [-0.4, -0.2) is 18.7 Å². The lowest BCUT2D eigenvalue weighted by molar-refractivity contribution is 0.00666. The molecule has 1 aromatic carbocycles. The largest absolute Gasteiger partial charge is 0.496 e. The van der Waals surface area contributed by atoms with Gasteiger partial charge in [-0.05, 0) is 45.4 Å². The number of methoxy groups -OCH3 is 1. The molecule has 16 heavy (non-hydrogen) atoms. The zero-order chi connectivity index (χ0) is 12.3. The predicted molar refractivity (Wildman–Crippen MR) is 62.9 cm³/mol. The first kappa shape index (κ1) is 12.6. The van der Waals surface area contributed by atoms with Crippen LogP contribution >= 0.6 is 0 Å². The van der Waals surface area contributed by atoms with Crippen LogP contribution in [0.25, 0.3) is 0 Å². The van der Waals surface area contributed by atoms with Crippen molar-refractivity contribution in [1.29, 1.82) is 0 Å². The van der Waals surface area contributed by atoms with E-state index in [1.807, 2.05) is 39.8 Å². The van der Waals surface area contributed by atoms with Crippen molar-refractivity contribution in [2.75, 3.05) is 7.11 Å². The first-order valence-corrected chi connectivity index (χ1v) is 5.21. The molecule has 0 amide bonds. The smallest absolute Gasteiger partial charge is 0.342 e. The van der Waals surface area contributed by atoms with Crippen LogP contribution in [0.3, 0.4) is 0 Å². The molecule has 0 unspecified atom stereocenters. The second-order valence-corrected chi connectivity index (χ2v) is 4.71. The molecule has 3 nitrogen and oxygen atoms in total. The standard InChI is InChI=1S/C13H18O3/c1-9-6-7-10(11(8-9)15-5)12(14)16-13(2,3)4/h6-8H,1-5H3. The first-order valence-electron chi connectivity index (χ1n) is 5.21. The van der Waals surface area contributed by atoms with Gasteiger partial charge in [-0.3, -0.25) is 0 Å². The molecular weight excluding hydrogens is 204 g/mol. The van der Waals surface area contributed by atoms with Gasteiger partial charge in [-0.25, -0.2) is 4.79 Å². The van der Waals surface area contributed by atoms with E-state index in [1.54, 1.807) is 13.2 Å². The number of hydrogen-bond donors (Lipinski definition) is 0. The molecule has 88 valence electrons. The Morgan fingerprint density at radius 3 is 2.38 bits per heavy atom. The van der Waals surface area contributed by atoms with Crippen LogP contribution < -0.4 is 4.74 Å². The highest BCUT2D eigenvalue weighted by Crippen LogP contribution is 2.22. The van der Waals surface area contributed by atoms with E-state index in [0.29, 0.717) is 11.3 Å². The second-order valence-electron chi connectivity index (χ2n) is 4.71. The predicted octanol–water partition coefficient (Wildman–Crippen LogP) is 2.96. The number of carbonyl (C=O) groups is 1. The second kappa shape index (κ2) is 4.56. The number of aryl methyl sites for hydroxylation is 1. The molecule has 0 saturated carbocycles. The molecule has 0 heterocycles. The fourth-order valence-corrected chi connectivity index (χ4v) is 1.30. The van der Waals surface area contributed by atoms with Crippen molar-refractivity contribution < 1.29 is 14.3 Å². The molecule has 0 aliphatic heterocycles. The molecule has 0 aromatic heterocycles. The molecule has 0 saturated heterocycles. The van der Waals surface area contributed by atoms with Crippen molar-refractivity contribution in [3.05, 3.63) is 29.3 Å². The van der Waals surface area contributed by atoms with Gasteiger partial charge in [-0.1, -0.05) is 6.07 Å². The molecule has 0 radical (unpaired) electrons. The monoisotopic (exact) mass is 222 g/mol. The number of hydrogen-bond acceptors (Lipinski definition) is 3. The van der Waals surface area contributed by atoms with Gasteiger partial charge in [-0.2, -0.15) is 0 Å². The summed E-state index contributed by atoms with van der Waals surface area (Å²) in [4.78, 5) is 11.8. The van der Waals surface area contributed by atoms with Crippen LogP contribution in [0, 0.1) is 6.92 Å². The Bertz CT molecular complexity index is 389. The van der Waals surface area contributed by atoms with Crippen LogP contribution in [0.1, 0.15) is 36.7 Å². The van der Waals surface area contributed by atoms with Crippen LogP contribution in [0.5, 0.6) is 5.75 Å². The number of rotatable bonds is 2. The van der Waals surface area contributed by atoms with Gasteiger partial charge in [0.05, 0.1) is 7.11 Å². The van der Waals surface area contributed by atoms with Crippen molar-refractivity contribution in [2.24, 2.45) is 0 Å². The highest BCUT2D eigenvalue weighted by Gasteiger charge is 2.20. The average Bonchev–Trinajstić information content (AvgIpc) is 2.14. The third-order valence-electron chi connectivity index (χ3n) is 1.98. The average molecular weight is 222 g/mol. The lowest BCUT2D eigenvalue weighted by Gasteiger charge is -2.20. The Labute approximate surface area is 96.4 Å². The van der Waals surface area contributed by atoms with Gasteiger partial charge >= 0.3 is 5.97 Å². The van der Waals surface area contributed by atoms with E-state index in [1.165, 1.54) is 0 Å². The molecule has 0 bridgehead atoms. The first-order chi connectivity index (χ1) is 7.33. The van der Waals surface area contributed by atoms with E-state index in [0.717, 1.165) is 5.56 Å². The molecule has 0 spiro atoms. The van der Waals surface area contributed by atoms with Gasteiger partial charge in [0.2, 0.25) is 0 Å². The Hall–Kier alpha value is -1.51. The van der Waals surface area contributed by atoms with Crippen LogP contribution in [-0.2, 0) is 4.74 Å². The summed E-state index contributed by atoms with van der Waals surface area (Å²) in [6.07, 6.45) is 0. The number of esters is 1. The topological polar surface area (TPSA) is 35.5 Å². The number of carbonyl (C=O) groups excluding carboxylic acids is 1. The van der Waals surface area contributed by atoms with Crippen LogP contribution in [0.4, 0.5) is 0 Å². The van der Waals surface area contributed by atoms with Gasteiger partial charge in [0.15, 0.2) is 0 Å². The van der Waals surface area contributed by atoms with Crippen molar-refractivity contribution >= 4 is 5.97 Å². The molecule has 0 N–H and O–H groups in total. The Balaban J connectivity index is 2.99. The lowest BCUT2D eigenvalue weighted by Crippen LogP contribution is -2.24. The zero-order valence-electron chi connectivity index (χ0n) is 10.5. The van der Waals surface area contributed by atoms with Gasteiger partial charge in [0, 0.05) is 0 Å². The number of benzene rings is 1. The highest BCUT2D eigenvalue weighted by molar-refractivity contribution is 5.92. The maximum Gasteiger partial charge on any atom is 0.342 e. The van der Waals surface area contributed by atoms with E-state index in [2.05, 4.69) is 0 Å². The van der Waals surface area contributed by atoms with Gasteiger partial charge in [0.25, 0.3) is 0 Å². The Morgan fingerprint density at radius 1 is 1.25 bits per heavy atom. The van der Waals surface area contributed by atoms with Gasteiger partial charge in [-0.15, -0.1) is 0 Å². The molecule has 0 fully saturated rings. The Morgan fingerprint density at radius 2 is 1.88 bits per heavy atom. The van der Waals surface area contributed by atoms with E-state index >= 15 is 0 Å². The lowest BCUT2D eigenvalue weighted by atomic mass is 10.1. The van der Waals surface area contributed by atoms with E-state index < -0.39 is 5.60 Å². The summed E-state index contributed by atoms with van der Waals surface area (Å²) < 4.78 is 10.4. The maximum atomic E-state index is 11.8. The molecule has 0 atom stereocenters. The van der Waals surface area contributed by atoms with Crippen molar-refractivity contribution in [2.45, 2.75) is 33.3 Å². The highest BCUT2D eigenvalue weighted by atomic mass is 16.6. The summed E-state index contributed by atoms with van der Waals surface area (Å²) in [5.41, 5.74) is 1.01. The normalized spacial score (nSPS) is 11.1. The summed E-state index contributed by atoms with van der Waals surface area (Å²) in [5, 5.41) is 0. The SMILES string of the molecule is COc1cc(C)ccc1C(=O)OC(C)(C)C. The molecule has 0 aliphatic carbocycles. The minimum Gasteiger partial charge on any atom is -0.496 e. The molecule has 0 aliphatic rings. The van der Waals surface area contributed by atoms with Crippen molar-refractivity contribution in [3.63, 3.8) is 0 Å². The molecule has 3 heteroatoms. The van der Waals surface area contributed by atoms with Crippen LogP contribution in [0.15, 0.2) is 18.2 Å². The summed E-state index contributed by atoms with van der Waals surface area (Å²) in [6.45, 7) is 7.46. The summed E-state index contributed by atoms with van der Waals surface area (Å²) in [7, 11) is 1.54. The number of ether oxygens (including phenoxy) is 2. The summed E-state index contributed by atoms with van der Waals surface area (Å²) in [5.74, 6) is 0.193. The quantitative estimate of drug-likeness (QED) is 0.722. The zero-order valence-corrected chi connectivity index (χ0v) is 10.5. The van der Waals surface area contributed by atoms with E-state index in [4.69, 9.17) is 9.47 Å². The minimum atomic E-state index is -0.493. The van der Waals surface area contributed by atoms with Gasteiger partial charge < -0.3 is 9.47 Å². The Kier molecular flexibility index (Phi) is 3.58. The third kappa shape index (κ3) is 3.26. The maximum absolute atomic E-state index is 11.8.